The van der Waals surface area contributed by atoms with E-state index in [0.717, 1.165) is 30.9 Å². The van der Waals surface area contributed by atoms with Crippen LogP contribution in [0.5, 0.6) is 5.75 Å². The summed E-state index contributed by atoms with van der Waals surface area (Å²) in [6.45, 7) is 0.471. The lowest BCUT2D eigenvalue weighted by Gasteiger charge is -2.31. The number of hydrogen-bond acceptors (Lipinski definition) is 1. The Labute approximate surface area is 92.7 Å². The van der Waals surface area contributed by atoms with E-state index in [0.29, 0.717) is 12.2 Å². The average molecular weight is 222 g/mol. The van der Waals surface area contributed by atoms with E-state index >= 15 is 0 Å². The van der Waals surface area contributed by atoms with Crippen molar-refractivity contribution in [3.05, 3.63) is 35.4 Å². The third kappa shape index (κ3) is 1.34. The van der Waals surface area contributed by atoms with E-state index in [1.165, 1.54) is 6.07 Å². The van der Waals surface area contributed by atoms with Crippen molar-refractivity contribution in [1.29, 1.82) is 0 Å². The monoisotopic (exact) mass is 222 g/mol. The van der Waals surface area contributed by atoms with Crippen molar-refractivity contribution in [3.8, 4) is 5.75 Å². The summed E-state index contributed by atoms with van der Waals surface area (Å²) in [4.78, 5) is 0. The highest BCUT2D eigenvalue weighted by molar-refractivity contribution is 5.74. The highest BCUT2D eigenvalue weighted by Crippen LogP contribution is 2.43. The van der Waals surface area contributed by atoms with E-state index in [4.69, 9.17) is 4.74 Å². The number of benzene rings is 1. The molecule has 84 valence electrons. The summed E-state index contributed by atoms with van der Waals surface area (Å²) in [5, 5.41) is 0. The van der Waals surface area contributed by atoms with Crippen LogP contribution in [0.1, 0.15) is 24.8 Å². The first-order valence-corrected chi connectivity index (χ1v) is 5.58. The van der Waals surface area contributed by atoms with Crippen LogP contribution >= 0.6 is 0 Å². The highest BCUT2D eigenvalue weighted by atomic mass is 19.1. The molecule has 0 spiro atoms. The zero-order valence-corrected chi connectivity index (χ0v) is 8.80. The smallest absolute Gasteiger partial charge is 0.165 e. The molecule has 0 saturated carbocycles. The molecule has 3 heteroatoms. The standard InChI is InChI=1S/C13H12F2O/c14-10-5-6-11(15)13-12(10)9-4-2-1-3-8(9)7-16-13/h4-6,8H,1-3,7H2. The van der Waals surface area contributed by atoms with E-state index in [2.05, 4.69) is 0 Å². The van der Waals surface area contributed by atoms with Crippen molar-refractivity contribution in [3.63, 3.8) is 0 Å². The molecule has 0 fully saturated rings. The third-order valence-corrected chi connectivity index (χ3v) is 3.34. The summed E-state index contributed by atoms with van der Waals surface area (Å²) in [6, 6.07) is 2.30. The molecule has 3 rings (SSSR count). The number of fused-ring (bicyclic) bond motifs is 3. The molecule has 0 saturated heterocycles. The molecule has 1 aliphatic heterocycles. The fourth-order valence-electron chi connectivity index (χ4n) is 2.55. The van der Waals surface area contributed by atoms with Gasteiger partial charge in [0.2, 0.25) is 0 Å². The maximum Gasteiger partial charge on any atom is 0.165 e. The molecule has 1 unspecified atom stereocenters. The molecule has 0 amide bonds. The molecule has 1 atom stereocenters. The fraction of sp³-hybridized carbons (Fsp3) is 0.385. The van der Waals surface area contributed by atoms with Crippen LogP contribution in [0.3, 0.4) is 0 Å². The first-order valence-electron chi connectivity index (χ1n) is 5.58. The first-order chi connectivity index (χ1) is 7.77. The van der Waals surface area contributed by atoms with Gasteiger partial charge >= 0.3 is 0 Å². The normalized spacial score (nSPS) is 22.9. The molecule has 1 heterocycles. The molecule has 1 nitrogen and oxygen atoms in total. The van der Waals surface area contributed by atoms with Gasteiger partial charge in [0, 0.05) is 5.92 Å². The molecule has 1 aliphatic carbocycles. The second kappa shape index (κ2) is 3.58. The number of ether oxygens (including phenoxy) is 1. The second-order valence-electron chi connectivity index (χ2n) is 4.33. The second-order valence-corrected chi connectivity index (χ2v) is 4.33. The number of halogens is 2. The largest absolute Gasteiger partial charge is 0.489 e. The minimum atomic E-state index is -0.471. The molecule has 0 bridgehead atoms. The van der Waals surface area contributed by atoms with Crippen molar-refractivity contribution in [1.82, 2.24) is 0 Å². The van der Waals surface area contributed by atoms with E-state index in [-0.39, 0.29) is 17.5 Å². The van der Waals surface area contributed by atoms with Crippen LogP contribution in [0.4, 0.5) is 8.78 Å². The number of allylic oxidation sites excluding steroid dienone is 1. The van der Waals surface area contributed by atoms with Crippen LogP contribution in [0.15, 0.2) is 18.2 Å². The lowest BCUT2D eigenvalue weighted by molar-refractivity contribution is 0.241. The van der Waals surface area contributed by atoms with Gasteiger partial charge in [0.1, 0.15) is 5.82 Å². The Morgan fingerprint density at radius 1 is 1.19 bits per heavy atom. The molecule has 2 aliphatic rings. The van der Waals surface area contributed by atoms with Gasteiger partial charge in [-0.1, -0.05) is 6.08 Å². The van der Waals surface area contributed by atoms with Gasteiger partial charge in [0.15, 0.2) is 11.6 Å². The Hall–Kier alpha value is -1.38. The van der Waals surface area contributed by atoms with Gasteiger partial charge in [-0.05, 0) is 37.0 Å². The molecule has 0 radical (unpaired) electrons. The van der Waals surface area contributed by atoms with Gasteiger partial charge < -0.3 is 4.74 Å². The first kappa shape index (κ1) is 9.82. The summed E-state index contributed by atoms with van der Waals surface area (Å²) in [6.07, 6.45) is 5.07. The molecule has 0 aromatic heterocycles. The SMILES string of the molecule is Fc1ccc(F)c2c1OCC1CCCC=C21. The Kier molecular flexibility index (Phi) is 2.20. The lowest BCUT2D eigenvalue weighted by atomic mass is 9.82. The quantitative estimate of drug-likeness (QED) is 0.652. The van der Waals surface area contributed by atoms with Crippen LogP contribution < -0.4 is 4.74 Å². The molecule has 0 N–H and O–H groups in total. The maximum atomic E-state index is 13.7. The van der Waals surface area contributed by atoms with Gasteiger partial charge in [0.05, 0.1) is 12.2 Å². The highest BCUT2D eigenvalue weighted by Gasteiger charge is 2.31. The van der Waals surface area contributed by atoms with Crippen LogP contribution in [0, 0.1) is 17.6 Å². The molecule has 1 aromatic carbocycles. The van der Waals surface area contributed by atoms with Crippen LogP contribution in [0.2, 0.25) is 0 Å². The summed E-state index contributed by atoms with van der Waals surface area (Å²) in [7, 11) is 0. The lowest BCUT2D eigenvalue weighted by Crippen LogP contribution is -2.23. The van der Waals surface area contributed by atoms with E-state index in [1.54, 1.807) is 0 Å². The maximum absolute atomic E-state index is 13.7. The summed E-state index contributed by atoms with van der Waals surface area (Å²) in [5.74, 6) is -0.530. The Morgan fingerprint density at radius 2 is 2.00 bits per heavy atom. The van der Waals surface area contributed by atoms with Crippen molar-refractivity contribution < 1.29 is 13.5 Å². The van der Waals surface area contributed by atoms with Crippen LogP contribution in [-0.2, 0) is 0 Å². The predicted octanol–water partition coefficient (Wildman–Crippen LogP) is 3.54. The zero-order valence-electron chi connectivity index (χ0n) is 8.80. The number of hydrogen-bond donors (Lipinski definition) is 0. The van der Waals surface area contributed by atoms with Crippen molar-refractivity contribution in [2.75, 3.05) is 6.61 Å². The number of rotatable bonds is 0. The van der Waals surface area contributed by atoms with E-state index in [9.17, 15) is 8.78 Å². The van der Waals surface area contributed by atoms with Crippen LogP contribution in [-0.4, -0.2) is 6.61 Å². The Morgan fingerprint density at radius 3 is 2.88 bits per heavy atom. The third-order valence-electron chi connectivity index (χ3n) is 3.34. The van der Waals surface area contributed by atoms with Gasteiger partial charge in [0.25, 0.3) is 0 Å². The predicted molar refractivity (Wildman–Crippen MR) is 57.2 cm³/mol. The summed E-state index contributed by atoms with van der Waals surface area (Å²) in [5.41, 5.74) is 1.28. The molecule has 1 aromatic rings. The minimum Gasteiger partial charge on any atom is -0.489 e. The van der Waals surface area contributed by atoms with E-state index < -0.39 is 5.82 Å². The van der Waals surface area contributed by atoms with Crippen molar-refractivity contribution in [2.24, 2.45) is 5.92 Å². The van der Waals surface area contributed by atoms with Gasteiger partial charge in [-0.3, -0.25) is 0 Å². The van der Waals surface area contributed by atoms with Crippen molar-refractivity contribution in [2.45, 2.75) is 19.3 Å². The molecule has 16 heavy (non-hydrogen) atoms. The Balaban J connectivity index is 2.20. The van der Waals surface area contributed by atoms with Gasteiger partial charge in [-0.25, -0.2) is 8.78 Å². The average Bonchev–Trinajstić information content (AvgIpc) is 2.33. The summed E-state index contributed by atoms with van der Waals surface area (Å²) < 4.78 is 32.6. The topological polar surface area (TPSA) is 9.23 Å². The van der Waals surface area contributed by atoms with Crippen LogP contribution in [0.25, 0.3) is 5.57 Å². The fourth-order valence-corrected chi connectivity index (χ4v) is 2.55. The van der Waals surface area contributed by atoms with E-state index in [1.807, 2.05) is 6.08 Å². The Bertz CT molecular complexity index is 465. The zero-order chi connectivity index (χ0) is 11.1. The molecular weight excluding hydrogens is 210 g/mol. The summed E-state index contributed by atoms with van der Waals surface area (Å²) >= 11 is 0. The molecular formula is C13H12F2O. The van der Waals surface area contributed by atoms with Gasteiger partial charge in [-0.2, -0.15) is 0 Å². The van der Waals surface area contributed by atoms with Gasteiger partial charge in [-0.15, -0.1) is 0 Å². The minimum absolute atomic E-state index is 0.0874. The van der Waals surface area contributed by atoms with Crippen molar-refractivity contribution >= 4 is 5.57 Å².